The number of hydrogen-bond acceptors (Lipinski definition) is 4. The summed E-state index contributed by atoms with van der Waals surface area (Å²) >= 11 is 0. The van der Waals surface area contributed by atoms with E-state index in [0.29, 0.717) is 0 Å². The van der Waals surface area contributed by atoms with Crippen molar-refractivity contribution in [2.75, 3.05) is 12.4 Å². The van der Waals surface area contributed by atoms with Crippen molar-refractivity contribution >= 4 is 23.4 Å². The molecule has 0 aromatic heterocycles. The number of nitrogens with one attached hydrogen (secondary N) is 1. The molecular weight excluding hydrogens is 414 g/mol. The Kier molecular flexibility index (Phi) is 7.74. The molecule has 0 aliphatic carbocycles. The van der Waals surface area contributed by atoms with E-state index in [1.165, 1.54) is 46.0 Å². The van der Waals surface area contributed by atoms with Crippen LogP contribution in [0.25, 0.3) is 6.08 Å². The SMILES string of the molecule is Cc1cc(CN(C)Cc2ccc(/C=C/C(=O)Nc3ccccc3[N+](=O)[O-])cc2)cc(C)c1C. The predicted octanol–water partition coefficient (Wildman–Crippen LogP) is 5.80. The van der Waals surface area contributed by atoms with Crippen LogP contribution < -0.4 is 5.32 Å². The van der Waals surface area contributed by atoms with Gasteiger partial charge in [-0.1, -0.05) is 48.5 Å². The van der Waals surface area contributed by atoms with Crippen molar-refractivity contribution < 1.29 is 9.72 Å². The molecule has 6 nitrogen and oxygen atoms in total. The number of amides is 1. The van der Waals surface area contributed by atoms with Crippen molar-refractivity contribution in [1.82, 2.24) is 4.90 Å². The Morgan fingerprint density at radius 3 is 2.21 bits per heavy atom. The molecule has 0 saturated carbocycles. The van der Waals surface area contributed by atoms with Crippen LogP contribution in [0.1, 0.15) is 33.4 Å². The molecule has 1 N–H and O–H groups in total. The Morgan fingerprint density at radius 2 is 1.58 bits per heavy atom. The monoisotopic (exact) mass is 443 g/mol. The molecule has 0 unspecified atom stereocenters. The first-order valence-electron chi connectivity index (χ1n) is 10.8. The van der Waals surface area contributed by atoms with Crippen LogP contribution in [0.4, 0.5) is 11.4 Å². The smallest absolute Gasteiger partial charge is 0.292 e. The van der Waals surface area contributed by atoms with Crippen molar-refractivity contribution in [2.24, 2.45) is 0 Å². The summed E-state index contributed by atoms with van der Waals surface area (Å²) in [4.78, 5) is 25.0. The maximum absolute atomic E-state index is 12.2. The van der Waals surface area contributed by atoms with Crippen LogP contribution in [-0.2, 0) is 17.9 Å². The first-order chi connectivity index (χ1) is 15.7. The van der Waals surface area contributed by atoms with Gasteiger partial charge in [0, 0.05) is 25.2 Å². The number of nitro groups is 1. The minimum atomic E-state index is -0.518. The number of carbonyl (C=O) groups is 1. The second-order valence-electron chi connectivity index (χ2n) is 8.37. The highest BCUT2D eigenvalue weighted by atomic mass is 16.6. The molecule has 0 bridgehead atoms. The number of nitrogens with zero attached hydrogens (tertiary/aromatic N) is 2. The number of anilines is 1. The van der Waals surface area contributed by atoms with Crippen LogP contribution in [0, 0.1) is 30.9 Å². The van der Waals surface area contributed by atoms with Gasteiger partial charge in [-0.05, 0) is 73.3 Å². The van der Waals surface area contributed by atoms with Gasteiger partial charge in [0.25, 0.3) is 5.69 Å². The number of carbonyl (C=O) groups excluding carboxylic acids is 1. The average Bonchev–Trinajstić information content (AvgIpc) is 2.77. The number of nitro benzene ring substituents is 1. The van der Waals surface area contributed by atoms with Crippen LogP contribution >= 0.6 is 0 Å². The van der Waals surface area contributed by atoms with Crippen molar-refractivity contribution in [3.63, 3.8) is 0 Å². The van der Waals surface area contributed by atoms with Crippen LogP contribution in [0.2, 0.25) is 0 Å². The van der Waals surface area contributed by atoms with E-state index < -0.39 is 10.8 Å². The summed E-state index contributed by atoms with van der Waals surface area (Å²) in [5, 5.41) is 13.6. The van der Waals surface area contributed by atoms with Crippen LogP contribution in [0.3, 0.4) is 0 Å². The molecule has 0 radical (unpaired) electrons. The third-order valence-electron chi connectivity index (χ3n) is 5.66. The number of para-hydroxylation sites is 2. The molecule has 3 rings (SSSR count). The zero-order valence-corrected chi connectivity index (χ0v) is 19.5. The zero-order chi connectivity index (χ0) is 24.0. The summed E-state index contributed by atoms with van der Waals surface area (Å²) in [5.74, 6) is -0.420. The van der Waals surface area contributed by atoms with Crippen LogP contribution in [-0.4, -0.2) is 22.8 Å². The fourth-order valence-electron chi connectivity index (χ4n) is 3.71. The van der Waals surface area contributed by atoms with Gasteiger partial charge in [-0.25, -0.2) is 0 Å². The molecule has 33 heavy (non-hydrogen) atoms. The van der Waals surface area contributed by atoms with Crippen LogP contribution in [0.5, 0.6) is 0 Å². The predicted molar refractivity (Wildman–Crippen MR) is 133 cm³/mol. The lowest BCUT2D eigenvalue weighted by Gasteiger charge is -2.18. The van der Waals surface area contributed by atoms with Gasteiger partial charge in [-0.15, -0.1) is 0 Å². The quantitative estimate of drug-likeness (QED) is 0.271. The molecule has 3 aromatic carbocycles. The van der Waals surface area contributed by atoms with Crippen molar-refractivity contribution in [3.05, 3.63) is 110 Å². The van der Waals surface area contributed by atoms with Crippen molar-refractivity contribution in [2.45, 2.75) is 33.9 Å². The summed E-state index contributed by atoms with van der Waals surface area (Å²) in [6.45, 7) is 8.14. The first-order valence-corrected chi connectivity index (χ1v) is 10.8. The summed E-state index contributed by atoms with van der Waals surface area (Å²) in [6.07, 6.45) is 3.06. The molecule has 0 heterocycles. The summed E-state index contributed by atoms with van der Waals surface area (Å²) in [7, 11) is 2.10. The van der Waals surface area contributed by atoms with Gasteiger partial charge in [-0.3, -0.25) is 19.8 Å². The minimum Gasteiger partial charge on any atom is -0.317 e. The average molecular weight is 444 g/mol. The summed E-state index contributed by atoms with van der Waals surface area (Å²) in [6, 6.07) is 18.6. The number of hydrogen-bond donors (Lipinski definition) is 1. The molecule has 0 fully saturated rings. The molecule has 0 aliphatic heterocycles. The maximum Gasteiger partial charge on any atom is 0.292 e. The van der Waals surface area contributed by atoms with E-state index in [9.17, 15) is 14.9 Å². The lowest BCUT2D eigenvalue weighted by molar-refractivity contribution is -0.383. The molecule has 1 amide bonds. The van der Waals surface area contributed by atoms with Gasteiger partial charge >= 0.3 is 0 Å². The standard InChI is InChI=1S/C27H29N3O3/c1-19-15-24(16-20(2)21(19)3)18-29(4)17-23-11-9-22(10-12-23)13-14-27(31)28-25-7-5-6-8-26(25)30(32)33/h5-16H,17-18H2,1-4H3,(H,28,31)/b14-13+. The van der Waals surface area contributed by atoms with Gasteiger partial charge in [0.05, 0.1) is 4.92 Å². The van der Waals surface area contributed by atoms with E-state index >= 15 is 0 Å². The van der Waals surface area contributed by atoms with Crippen molar-refractivity contribution in [3.8, 4) is 0 Å². The van der Waals surface area contributed by atoms with Gasteiger partial charge in [0.1, 0.15) is 5.69 Å². The number of benzene rings is 3. The molecular formula is C27H29N3O3. The van der Waals surface area contributed by atoms with E-state index in [4.69, 9.17) is 0 Å². The largest absolute Gasteiger partial charge is 0.317 e. The molecule has 0 spiro atoms. The van der Waals surface area contributed by atoms with E-state index in [-0.39, 0.29) is 11.4 Å². The first kappa shape index (κ1) is 23.9. The Hall–Kier alpha value is -3.77. The highest BCUT2D eigenvalue weighted by Gasteiger charge is 2.13. The van der Waals surface area contributed by atoms with E-state index in [1.807, 2.05) is 24.3 Å². The normalized spacial score (nSPS) is 11.2. The second kappa shape index (κ2) is 10.7. The summed E-state index contributed by atoms with van der Waals surface area (Å²) in [5.41, 5.74) is 7.39. The highest BCUT2D eigenvalue weighted by molar-refractivity contribution is 6.03. The third-order valence-corrected chi connectivity index (χ3v) is 5.66. The second-order valence-corrected chi connectivity index (χ2v) is 8.37. The van der Waals surface area contributed by atoms with E-state index in [2.05, 4.69) is 50.2 Å². The maximum atomic E-state index is 12.2. The minimum absolute atomic E-state index is 0.135. The van der Waals surface area contributed by atoms with Crippen molar-refractivity contribution in [1.29, 1.82) is 0 Å². The van der Waals surface area contributed by atoms with Crippen LogP contribution in [0.15, 0.2) is 66.7 Å². The van der Waals surface area contributed by atoms with Gasteiger partial charge in [0.2, 0.25) is 5.91 Å². The lowest BCUT2D eigenvalue weighted by Crippen LogP contribution is -2.17. The molecule has 0 saturated heterocycles. The topological polar surface area (TPSA) is 75.5 Å². The van der Waals surface area contributed by atoms with E-state index in [1.54, 1.807) is 18.2 Å². The Bertz CT molecular complexity index is 1160. The van der Waals surface area contributed by atoms with Gasteiger partial charge < -0.3 is 5.32 Å². The fraction of sp³-hybridized carbons (Fsp3) is 0.222. The van der Waals surface area contributed by atoms with Gasteiger partial charge in [0.15, 0.2) is 0 Å². The number of aryl methyl sites for hydroxylation is 2. The lowest BCUT2D eigenvalue weighted by atomic mass is 10.0. The molecule has 3 aromatic rings. The van der Waals surface area contributed by atoms with E-state index in [0.717, 1.165) is 18.7 Å². The molecule has 0 atom stereocenters. The molecule has 6 heteroatoms. The Balaban J connectivity index is 1.57. The zero-order valence-electron chi connectivity index (χ0n) is 19.5. The number of rotatable bonds is 8. The Labute approximate surface area is 194 Å². The fourth-order valence-corrected chi connectivity index (χ4v) is 3.71. The summed E-state index contributed by atoms with van der Waals surface area (Å²) < 4.78 is 0. The van der Waals surface area contributed by atoms with Gasteiger partial charge in [-0.2, -0.15) is 0 Å². The third kappa shape index (κ3) is 6.60. The molecule has 170 valence electrons. The Morgan fingerprint density at radius 1 is 0.970 bits per heavy atom. The molecule has 0 aliphatic rings. The highest BCUT2D eigenvalue weighted by Crippen LogP contribution is 2.23.